The van der Waals surface area contributed by atoms with E-state index < -0.39 is 0 Å². The van der Waals surface area contributed by atoms with Gasteiger partial charge in [-0.2, -0.15) is 4.68 Å². The lowest BCUT2D eigenvalue weighted by molar-refractivity contribution is 0.790. The maximum atomic E-state index is 12.1. The highest BCUT2D eigenvalue weighted by Gasteiger charge is 2.13. The number of aryl methyl sites for hydroxylation is 3. The Hall–Kier alpha value is -2.30. The van der Waals surface area contributed by atoms with Gasteiger partial charge in [-0.1, -0.05) is 6.07 Å². The summed E-state index contributed by atoms with van der Waals surface area (Å²) in [5, 5.41) is 3.03. The van der Waals surface area contributed by atoms with Crippen molar-refractivity contribution in [2.45, 2.75) is 27.7 Å². The maximum Gasteiger partial charge on any atom is 0.276 e. The Morgan fingerprint density at radius 1 is 1.11 bits per heavy atom. The first-order valence-electron chi connectivity index (χ1n) is 6.23. The predicted molar refractivity (Wildman–Crippen MR) is 75.0 cm³/mol. The molecule has 0 unspecified atom stereocenters. The van der Waals surface area contributed by atoms with Crippen LogP contribution < -0.4 is 5.56 Å². The lowest BCUT2D eigenvalue weighted by Gasteiger charge is -1.97. The molecule has 3 rings (SSSR count). The summed E-state index contributed by atoms with van der Waals surface area (Å²) in [4.78, 5) is 19.8. The monoisotopic (exact) mass is 256 g/mol. The van der Waals surface area contributed by atoms with E-state index in [1.54, 1.807) is 0 Å². The Morgan fingerprint density at radius 3 is 2.47 bits per heavy atom. The molecule has 0 fully saturated rings. The molecule has 5 heteroatoms. The first-order chi connectivity index (χ1) is 8.99. The second-order valence-corrected chi connectivity index (χ2v) is 4.97. The summed E-state index contributed by atoms with van der Waals surface area (Å²) >= 11 is 0. The molecule has 0 aliphatic heterocycles. The molecule has 0 aliphatic rings. The number of hydrogen-bond acceptors (Lipinski definition) is 2. The van der Waals surface area contributed by atoms with Gasteiger partial charge in [-0.25, -0.2) is 4.98 Å². The molecule has 0 spiro atoms. The molecule has 0 amide bonds. The van der Waals surface area contributed by atoms with E-state index in [2.05, 4.69) is 22.0 Å². The van der Waals surface area contributed by atoms with Gasteiger partial charge in [0.15, 0.2) is 0 Å². The molecule has 0 bridgehead atoms. The van der Waals surface area contributed by atoms with Gasteiger partial charge in [0.25, 0.3) is 5.56 Å². The molecule has 98 valence electrons. The van der Waals surface area contributed by atoms with Crippen LogP contribution in [0.4, 0.5) is 0 Å². The fourth-order valence-electron chi connectivity index (χ4n) is 2.19. The minimum atomic E-state index is -0.0640. The van der Waals surface area contributed by atoms with Gasteiger partial charge in [-0.15, -0.1) is 0 Å². The van der Waals surface area contributed by atoms with Gasteiger partial charge in [-0.05, 0) is 44.9 Å². The number of rotatable bonds is 1. The molecule has 0 saturated carbocycles. The summed E-state index contributed by atoms with van der Waals surface area (Å²) in [6.07, 6.45) is 0. The smallest absolute Gasteiger partial charge is 0.276 e. The average molecular weight is 256 g/mol. The number of aromatic nitrogens is 4. The Balaban J connectivity index is 2.29. The van der Waals surface area contributed by atoms with E-state index in [1.807, 2.05) is 32.9 Å². The van der Waals surface area contributed by atoms with Gasteiger partial charge in [0, 0.05) is 11.3 Å². The SMILES string of the molecule is Cc1ccc2[nH]c(-n3[nH]c(C)c(C)c3=O)nc2c1C. The number of nitrogens with one attached hydrogen (secondary N) is 2. The molecule has 0 atom stereocenters. The quantitative estimate of drug-likeness (QED) is 0.701. The Labute approximate surface area is 110 Å². The molecule has 2 heterocycles. The minimum Gasteiger partial charge on any atom is -0.322 e. The first-order valence-corrected chi connectivity index (χ1v) is 6.23. The van der Waals surface area contributed by atoms with Crippen molar-refractivity contribution in [1.82, 2.24) is 19.7 Å². The van der Waals surface area contributed by atoms with Crippen molar-refractivity contribution in [3.63, 3.8) is 0 Å². The molecule has 3 aromatic rings. The summed E-state index contributed by atoms with van der Waals surface area (Å²) in [5.74, 6) is 0.532. The van der Waals surface area contributed by atoms with Crippen LogP contribution in [-0.4, -0.2) is 19.7 Å². The van der Waals surface area contributed by atoms with Crippen molar-refractivity contribution < 1.29 is 0 Å². The van der Waals surface area contributed by atoms with Crippen LogP contribution in [0, 0.1) is 27.7 Å². The topological polar surface area (TPSA) is 66.5 Å². The standard InChI is InChI=1S/C14H16N4O/c1-7-5-6-11-12(8(7)2)16-14(15-11)18-13(19)9(3)10(4)17-18/h5-6,17H,1-4H3,(H,15,16). The van der Waals surface area contributed by atoms with Crippen LogP contribution in [0.25, 0.3) is 17.0 Å². The normalized spacial score (nSPS) is 11.4. The van der Waals surface area contributed by atoms with Gasteiger partial charge in [0.1, 0.15) is 0 Å². The van der Waals surface area contributed by atoms with Crippen LogP contribution >= 0.6 is 0 Å². The van der Waals surface area contributed by atoms with Crippen molar-refractivity contribution in [3.8, 4) is 5.95 Å². The molecule has 0 aliphatic carbocycles. The van der Waals surface area contributed by atoms with E-state index in [0.717, 1.165) is 22.3 Å². The summed E-state index contributed by atoms with van der Waals surface area (Å²) < 4.78 is 1.46. The first kappa shape index (κ1) is 11.8. The number of H-pyrrole nitrogens is 2. The molecule has 1 aromatic carbocycles. The molecular formula is C14H16N4O. The van der Waals surface area contributed by atoms with Gasteiger partial charge in [0.05, 0.1) is 11.0 Å². The van der Waals surface area contributed by atoms with Crippen molar-refractivity contribution >= 4 is 11.0 Å². The van der Waals surface area contributed by atoms with Crippen LogP contribution in [0.3, 0.4) is 0 Å². The number of fused-ring (bicyclic) bond motifs is 1. The molecule has 2 N–H and O–H groups in total. The average Bonchev–Trinajstić information content (AvgIpc) is 2.92. The fourth-order valence-corrected chi connectivity index (χ4v) is 2.19. The van der Waals surface area contributed by atoms with Gasteiger partial charge < -0.3 is 4.98 Å². The Morgan fingerprint density at radius 2 is 1.84 bits per heavy atom. The predicted octanol–water partition coefficient (Wildman–Crippen LogP) is 2.28. The zero-order valence-corrected chi connectivity index (χ0v) is 11.5. The van der Waals surface area contributed by atoms with Gasteiger partial charge in [-0.3, -0.25) is 9.89 Å². The summed E-state index contributed by atoms with van der Waals surface area (Å²) in [6.45, 7) is 7.78. The molecule has 0 radical (unpaired) electrons. The largest absolute Gasteiger partial charge is 0.322 e. The third-order valence-corrected chi connectivity index (χ3v) is 3.74. The molecule has 5 nitrogen and oxygen atoms in total. The van der Waals surface area contributed by atoms with Gasteiger partial charge in [0.2, 0.25) is 5.95 Å². The van der Waals surface area contributed by atoms with E-state index in [0.29, 0.717) is 11.5 Å². The van der Waals surface area contributed by atoms with Crippen molar-refractivity contribution in [2.75, 3.05) is 0 Å². The van der Waals surface area contributed by atoms with Crippen LogP contribution in [0.5, 0.6) is 0 Å². The zero-order valence-electron chi connectivity index (χ0n) is 11.5. The third kappa shape index (κ3) is 1.62. The minimum absolute atomic E-state index is 0.0640. The number of imidazole rings is 1. The summed E-state index contributed by atoms with van der Waals surface area (Å²) in [6, 6.07) is 4.04. The fraction of sp³-hybridized carbons (Fsp3) is 0.286. The molecular weight excluding hydrogens is 240 g/mol. The Bertz CT molecular complexity index is 835. The third-order valence-electron chi connectivity index (χ3n) is 3.74. The van der Waals surface area contributed by atoms with E-state index >= 15 is 0 Å². The van der Waals surface area contributed by atoms with Crippen molar-refractivity contribution in [3.05, 3.63) is 44.9 Å². The molecule has 2 aromatic heterocycles. The van der Waals surface area contributed by atoms with Crippen molar-refractivity contribution in [2.24, 2.45) is 0 Å². The lowest BCUT2D eigenvalue weighted by atomic mass is 10.1. The number of hydrogen-bond donors (Lipinski definition) is 2. The van der Waals surface area contributed by atoms with Crippen LogP contribution in [0.2, 0.25) is 0 Å². The number of aromatic amines is 2. The number of nitrogens with zero attached hydrogens (tertiary/aromatic N) is 2. The Kier molecular flexibility index (Phi) is 2.38. The van der Waals surface area contributed by atoms with E-state index in [1.165, 1.54) is 10.2 Å². The van der Waals surface area contributed by atoms with Crippen molar-refractivity contribution in [1.29, 1.82) is 0 Å². The van der Waals surface area contributed by atoms with E-state index in [-0.39, 0.29) is 5.56 Å². The van der Waals surface area contributed by atoms with Gasteiger partial charge >= 0.3 is 0 Å². The zero-order chi connectivity index (χ0) is 13.7. The van der Waals surface area contributed by atoms with Crippen LogP contribution in [0.15, 0.2) is 16.9 Å². The number of benzene rings is 1. The highest BCUT2D eigenvalue weighted by molar-refractivity contribution is 5.80. The summed E-state index contributed by atoms with van der Waals surface area (Å²) in [5.41, 5.74) is 5.68. The molecule has 19 heavy (non-hydrogen) atoms. The van der Waals surface area contributed by atoms with Crippen LogP contribution in [0.1, 0.15) is 22.4 Å². The maximum absolute atomic E-state index is 12.1. The summed E-state index contributed by atoms with van der Waals surface area (Å²) in [7, 11) is 0. The highest BCUT2D eigenvalue weighted by Crippen LogP contribution is 2.20. The lowest BCUT2D eigenvalue weighted by Crippen LogP contribution is -2.17. The second kappa shape index (κ2) is 3.85. The molecule has 0 saturated heterocycles. The second-order valence-electron chi connectivity index (χ2n) is 4.97. The van der Waals surface area contributed by atoms with E-state index in [9.17, 15) is 4.79 Å². The van der Waals surface area contributed by atoms with Crippen LogP contribution in [-0.2, 0) is 0 Å². The van der Waals surface area contributed by atoms with E-state index in [4.69, 9.17) is 0 Å². The highest BCUT2D eigenvalue weighted by atomic mass is 16.1.